The lowest BCUT2D eigenvalue weighted by atomic mass is 9.50. The first kappa shape index (κ1) is 46.0. The summed E-state index contributed by atoms with van der Waals surface area (Å²) >= 11 is 1.42. The molecule has 2 aromatic rings. The summed E-state index contributed by atoms with van der Waals surface area (Å²) in [6.45, 7) is 13.1. The van der Waals surface area contributed by atoms with Crippen LogP contribution in [0.4, 0.5) is 0 Å². The molecular weight excluding hydrogens is 697 g/mol. The summed E-state index contributed by atoms with van der Waals surface area (Å²) in [5, 5.41) is 15.1. The lowest BCUT2D eigenvalue weighted by molar-refractivity contribution is -0.139. The Morgan fingerprint density at radius 3 is 1.96 bits per heavy atom. The van der Waals surface area contributed by atoms with E-state index >= 15 is 0 Å². The van der Waals surface area contributed by atoms with Crippen molar-refractivity contribution in [2.24, 2.45) is 22.2 Å². The van der Waals surface area contributed by atoms with Gasteiger partial charge in [0.2, 0.25) is 11.8 Å². The SMILES string of the molecule is CCCCCCCCCCCCCCCC=O.CNC1CC2(C1)CC(C(=O)NCC(C)(C)COCC(C)(C)COc1ccc(-c3nnc(SC)o3)cc1)C2. The predicted molar refractivity (Wildman–Crippen MR) is 222 cm³/mol. The Morgan fingerprint density at radius 2 is 1.43 bits per heavy atom. The van der Waals surface area contributed by atoms with Crippen molar-refractivity contribution in [3.63, 3.8) is 0 Å². The smallest absolute Gasteiger partial charge is 0.276 e. The van der Waals surface area contributed by atoms with Gasteiger partial charge < -0.3 is 29.3 Å². The second-order valence-corrected chi connectivity index (χ2v) is 18.4. The Kier molecular flexibility index (Phi) is 20.6. The first-order valence-corrected chi connectivity index (χ1v) is 22.2. The third kappa shape index (κ3) is 17.2. The first-order valence-electron chi connectivity index (χ1n) is 21.0. The van der Waals surface area contributed by atoms with E-state index in [2.05, 4.69) is 55.4 Å². The number of aromatic nitrogens is 2. The Labute approximate surface area is 332 Å². The van der Waals surface area contributed by atoms with Crippen LogP contribution < -0.4 is 15.4 Å². The van der Waals surface area contributed by atoms with Crippen molar-refractivity contribution in [3.05, 3.63) is 24.3 Å². The lowest BCUT2D eigenvalue weighted by Crippen LogP contribution is -2.57. The fourth-order valence-corrected chi connectivity index (χ4v) is 7.77. The zero-order valence-electron chi connectivity index (χ0n) is 34.9. The van der Waals surface area contributed by atoms with Crippen LogP contribution in [0.3, 0.4) is 0 Å². The van der Waals surface area contributed by atoms with Crippen LogP contribution in [0, 0.1) is 22.2 Å². The molecule has 2 fully saturated rings. The molecule has 10 heteroatoms. The van der Waals surface area contributed by atoms with Gasteiger partial charge in [0.15, 0.2) is 0 Å². The number of carbonyl (C=O) groups excluding carboxylic acids is 2. The van der Waals surface area contributed by atoms with Crippen LogP contribution in [-0.4, -0.2) is 68.1 Å². The Balaban J connectivity index is 0.000000390. The molecule has 1 aromatic heterocycles. The van der Waals surface area contributed by atoms with Crippen molar-refractivity contribution < 1.29 is 23.5 Å². The topological polar surface area (TPSA) is 116 Å². The van der Waals surface area contributed by atoms with Crippen LogP contribution in [-0.2, 0) is 14.3 Å². The molecule has 4 rings (SSSR count). The number of hydrogen-bond donors (Lipinski definition) is 2. The van der Waals surface area contributed by atoms with E-state index in [0.29, 0.717) is 48.9 Å². The van der Waals surface area contributed by atoms with Gasteiger partial charge in [-0.2, -0.15) is 0 Å². The van der Waals surface area contributed by atoms with Crippen molar-refractivity contribution in [2.75, 3.05) is 39.7 Å². The zero-order valence-corrected chi connectivity index (χ0v) is 35.8. The molecule has 0 unspecified atom stereocenters. The van der Waals surface area contributed by atoms with E-state index in [9.17, 15) is 9.59 Å². The number of aldehydes is 1. The fourth-order valence-electron chi connectivity index (χ4n) is 7.49. The predicted octanol–water partition coefficient (Wildman–Crippen LogP) is 10.5. The first-order chi connectivity index (χ1) is 25.9. The number of nitrogens with one attached hydrogen (secondary N) is 2. The van der Waals surface area contributed by atoms with E-state index in [0.717, 1.165) is 43.3 Å². The lowest BCUT2D eigenvalue weighted by Gasteiger charge is -2.57. The summed E-state index contributed by atoms with van der Waals surface area (Å²) in [6, 6.07) is 8.31. The molecule has 1 aromatic carbocycles. The van der Waals surface area contributed by atoms with Crippen molar-refractivity contribution >= 4 is 24.0 Å². The van der Waals surface area contributed by atoms with Crippen molar-refractivity contribution in [1.29, 1.82) is 0 Å². The van der Waals surface area contributed by atoms with Gasteiger partial charge in [0, 0.05) is 41.3 Å². The third-order valence-electron chi connectivity index (χ3n) is 11.0. The maximum absolute atomic E-state index is 12.6. The zero-order chi connectivity index (χ0) is 39.3. The molecule has 0 saturated heterocycles. The number of benzene rings is 1. The molecule has 2 saturated carbocycles. The van der Waals surface area contributed by atoms with Gasteiger partial charge in [-0.05, 0) is 75.1 Å². The normalized spacial score (nSPS) is 19.4. The summed E-state index contributed by atoms with van der Waals surface area (Å²) < 4.78 is 17.7. The Bertz CT molecular complexity index is 1320. The molecule has 2 aliphatic rings. The van der Waals surface area contributed by atoms with E-state index in [1.165, 1.54) is 102 Å². The third-order valence-corrected chi connectivity index (χ3v) is 11.5. The van der Waals surface area contributed by atoms with Gasteiger partial charge in [-0.15, -0.1) is 10.2 Å². The number of rotatable bonds is 27. The molecule has 0 bridgehead atoms. The molecule has 54 heavy (non-hydrogen) atoms. The average molecular weight is 771 g/mol. The highest BCUT2D eigenvalue weighted by atomic mass is 32.2. The van der Waals surface area contributed by atoms with Crippen molar-refractivity contribution in [3.8, 4) is 17.2 Å². The quantitative estimate of drug-likeness (QED) is 0.0520. The maximum Gasteiger partial charge on any atom is 0.276 e. The van der Waals surface area contributed by atoms with Crippen molar-refractivity contribution in [2.45, 2.75) is 161 Å². The highest BCUT2D eigenvalue weighted by Gasteiger charge is 2.54. The molecule has 2 N–H and O–H groups in total. The van der Waals surface area contributed by atoms with Crippen LogP contribution in [0.5, 0.6) is 5.75 Å². The summed E-state index contributed by atoms with van der Waals surface area (Å²) in [5.74, 6) is 1.67. The van der Waals surface area contributed by atoms with Gasteiger partial charge in [-0.1, -0.05) is 123 Å². The molecular formula is C44H74N4O5S. The van der Waals surface area contributed by atoms with Gasteiger partial charge in [-0.25, -0.2) is 0 Å². The van der Waals surface area contributed by atoms with Gasteiger partial charge in [0.25, 0.3) is 5.22 Å². The molecule has 306 valence electrons. The van der Waals surface area contributed by atoms with Crippen LogP contribution in [0.2, 0.25) is 0 Å². The van der Waals surface area contributed by atoms with E-state index in [1.807, 2.05) is 37.6 Å². The van der Waals surface area contributed by atoms with E-state index in [4.69, 9.17) is 13.9 Å². The van der Waals surface area contributed by atoms with E-state index in [1.54, 1.807) is 0 Å². The standard InChI is InChI=1S/C28H42N4O4S.C16H32O/c1-26(2,15-30-23(33)20-11-28(12-20)13-21(14-28)29-5)16-34-17-27(3,4)18-35-22-9-7-19(8-10-22)24-31-32-25(36-24)37-6;1-2-3-4-5-6-7-8-9-10-11-12-13-14-15-16-17/h7-10,20-21,29H,11-18H2,1-6H3,(H,30,33);16H,2-15H2,1H3. The van der Waals surface area contributed by atoms with Crippen LogP contribution >= 0.6 is 11.8 Å². The van der Waals surface area contributed by atoms with E-state index in [-0.39, 0.29) is 22.7 Å². The molecule has 0 atom stereocenters. The second-order valence-electron chi connectivity index (χ2n) is 17.6. The molecule has 1 heterocycles. The van der Waals surface area contributed by atoms with Crippen LogP contribution in [0.25, 0.3) is 11.5 Å². The van der Waals surface area contributed by atoms with Crippen LogP contribution in [0.1, 0.15) is 150 Å². The number of ether oxygens (including phenoxy) is 2. The number of thioether (sulfide) groups is 1. The second kappa shape index (κ2) is 24.3. The number of hydrogen-bond acceptors (Lipinski definition) is 9. The molecule has 1 amide bonds. The Hall–Kier alpha value is -2.43. The summed E-state index contributed by atoms with van der Waals surface area (Å²) in [6.07, 6.45) is 26.0. The van der Waals surface area contributed by atoms with E-state index < -0.39 is 0 Å². The largest absolute Gasteiger partial charge is 0.493 e. The maximum atomic E-state index is 12.6. The highest BCUT2D eigenvalue weighted by Crippen LogP contribution is 2.58. The fraction of sp³-hybridized carbons (Fsp3) is 0.773. The minimum Gasteiger partial charge on any atom is -0.493 e. The Morgan fingerprint density at radius 1 is 0.852 bits per heavy atom. The van der Waals surface area contributed by atoms with Gasteiger partial charge in [0.05, 0.1) is 19.8 Å². The molecule has 0 radical (unpaired) electrons. The van der Waals surface area contributed by atoms with Gasteiger partial charge >= 0.3 is 0 Å². The summed E-state index contributed by atoms with van der Waals surface area (Å²) in [5.41, 5.74) is 1.00. The number of nitrogens with zero attached hydrogens (tertiary/aromatic N) is 2. The van der Waals surface area contributed by atoms with Crippen LogP contribution in [0.15, 0.2) is 33.9 Å². The molecule has 1 spiro atoms. The van der Waals surface area contributed by atoms with Gasteiger partial charge in [-0.3, -0.25) is 4.79 Å². The number of carbonyl (C=O) groups is 2. The number of unbranched alkanes of at least 4 members (excludes halogenated alkanes) is 13. The average Bonchev–Trinajstić information content (AvgIpc) is 3.61. The van der Waals surface area contributed by atoms with Crippen molar-refractivity contribution in [1.82, 2.24) is 20.8 Å². The molecule has 9 nitrogen and oxygen atoms in total. The summed E-state index contributed by atoms with van der Waals surface area (Å²) in [7, 11) is 2.03. The minimum absolute atomic E-state index is 0.136. The molecule has 2 aliphatic carbocycles. The van der Waals surface area contributed by atoms with Gasteiger partial charge in [0.1, 0.15) is 12.0 Å². The number of amides is 1. The monoisotopic (exact) mass is 771 g/mol. The summed E-state index contributed by atoms with van der Waals surface area (Å²) in [4.78, 5) is 22.7. The highest BCUT2D eigenvalue weighted by molar-refractivity contribution is 7.98. The minimum atomic E-state index is -0.161. The molecule has 0 aliphatic heterocycles.